The summed E-state index contributed by atoms with van der Waals surface area (Å²) >= 11 is 5.06. The van der Waals surface area contributed by atoms with Crippen LogP contribution in [0.25, 0.3) is 21.9 Å². The predicted octanol–water partition coefficient (Wildman–Crippen LogP) is 4.78. The van der Waals surface area contributed by atoms with Gasteiger partial charge in [-0.15, -0.1) is 11.3 Å². The molecule has 2 aromatic heterocycles. The van der Waals surface area contributed by atoms with Gasteiger partial charge in [0.2, 0.25) is 0 Å². The average molecular weight is 387 g/mol. The van der Waals surface area contributed by atoms with Gasteiger partial charge in [-0.05, 0) is 55.2 Å². The van der Waals surface area contributed by atoms with Gasteiger partial charge >= 0.3 is 0 Å². The predicted molar refractivity (Wildman–Crippen MR) is 100.0 cm³/mol. The molecule has 4 rings (SSSR count). The van der Waals surface area contributed by atoms with E-state index in [1.807, 2.05) is 23.6 Å². The molecule has 0 fully saturated rings. The van der Waals surface area contributed by atoms with Crippen molar-refractivity contribution < 1.29 is 0 Å². The third kappa shape index (κ3) is 2.39. The fourth-order valence-corrected chi connectivity index (χ4v) is 4.30. The van der Waals surface area contributed by atoms with E-state index in [1.54, 1.807) is 11.3 Å². The Morgan fingerprint density at radius 1 is 1.26 bits per heavy atom. The van der Waals surface area contributed by atoms with E-state index in [2.05, 4.69) is 41.1 Å². The molecule has 3 aromatic rings. The van der Waals surface area contributed by atoms with Crippen molar-refractivity contribution >= 4 is 49.1 Å². The van der Waals surface area contributed by atoms with Gasteiger partial charge in [0.25, 0.3) is 5.56 Å². The SMILES string of the molecule is Cc1sc2nc3n(c(=O)c2c1C)CC/C3=C/c1ccc(Br)cc1. The van der Waals surface area contributed by atoms with E-state index in [1.165, 1.54) is 4.88 Å². The summed E-state index contributed by atoms with van der Waals surface area (Å²) < 4.78 is 2.89. The van der Waals surface area contributed by atoms with Crippen LogP contribution in [0.3, 0.4) is 0 Å². The Kier molecular flexibility index (Phi) is 3.50. The van der Waals surface area contributed by atoms with Crippen LogP contribution in [-0.2, 0) is 6.54 Å². The normalized spacial score (nSPS) is 15.5. The number of rotatable bonds is 1. The van der Waals surface area contributed by atoms with Crippen LogP contribution in [0.2, 0.25) is 0 Å². The zero-order valence-electron chi connectivity index (χ0n) is 12.9. The fourth-order valence-electron chi connectivity index (χ4n) is 3.02. The molecule has 3 heterocycles. The largest absolute Gasteiger partial charge is 0.292 e. The summed E-state index contributed by atoms with van der Waals surface area (Å²) in [6, 6.07) is 8.18. The lowest BCUT2D eigenvalue weighted by molar-refractivity contribution is 0.726. The first kappa shape index (κ1) is 14.8. The molecule has 3 nitrogen and oxygen atoms in total. The van der Waals surface area contributed by atoms with Gasteiger partial charge in [0.05, 0.1) is 5.39 Å². The summed E-state index contributed by atoms with van der Waals surface area (Å²) in [4.78, 5) is 19.6. The van der Waals surface area contributed by atoms with Crippen molar-refractivity contribution in [3.8, 4) is 0 Å². The molecule has 0 spiro atoms. The third-order valence-corrected chi connectivity index (χ3v) is 6.02. The molecule has 5 heteroatoms. The lowest BCUT2D eigenvalue weighted by atomic mass is 10.1. The molecular formula is C18H15BrN2OS. The van der Waals surface area contributed by atoms with Crippen LogP contribution in [0.5, 0.6) is 0 Å². The summed E-state index contributed by atoms with van der Waals surface area (Å²) in [6.45, 7) is 4.78. The van der Waals surface area contributed by atoms with Crippen LogP contribution in [0.15, 0.2) is 33.5 Å². The lowest BCUT2D eigenvalue weighted by Gasteiger charge is -2.03. The molecule has 0 N–H and O–H groups in total. The van der Waals surface area contributed by atoms with Gasteiger partial charge in [0.1, 0.15) is 10.7 Å². The van der Waals surface area contributed by atoms with E-state index in [4.69, 9.17) is 4.98 Å². The van der Waals surface area contributed by atoms with E-state index < -0.39 is 0 Å². The van der Waals surface area contributed by atoms with Crippen LogP contribution < -0.4 is 5.56 Å². The van der Waals surface area contributed by atoms with E-state index in [0.717, 1.165) is 43.6 Å². The summed E-state index contributed by atoms with van der Waals surface area (Å²) in [5.41, 5.74) is 3.44. The summed E-state index contributed by atoms with van der Waals surface area (Å²) in [6.07, 6.45) is 2.99. The van der Waals surface area contributed by atoms with Gasteiger partial charge in [0.15, 0.2) is 0 Å². The highest BCUT2D eigenvalue weighted by Crippen LogP contribution is 2.32. The van der Waals surface area contributed by atoms with E-state index >= 15 is 0 Å². The Balaban J connectivity index is 1.90. The first-order valence-corrected chi connectivity index (χ1v) is 9.12. The van der Waals surface area contributed by atoms with Crippen molar-refractivity contribution in [2.75, 3.05) is 0 Å². The Labute approximate surface area is 146 Å². The quantitative estimate of drug-likeness (QED) is 0.602. The Morgan fingerprint density at radius 2 is 2.00 bits per heavy atom. The second-order valence-electron chi connectivity index (χ2n) is 5.83. The van der Waals surface area contributed by atoms with E-state index in [-0.39, 0.29) is 5.56 Å². The highest BCUT2D eigenvalue weighted by atomic mass is 79.9. The van der Waals surface area contributed by atoms with Crippen LogP contribution in [0.4, 0.5) is 0 Å². The molecule has 0 aliphatic carbocycles. The van der Waals surface area contributed by atoms with Crippen LogP contribution in [-0.4, -0.2) is 9.55 Å². The van der Waals surface area contributed by atoms with Crippen LogP contribution >= 0.6 is 27.3 Å². The average Bonchev–Trinajstić information content (AvgIpc) is 3.05. The topological polar surface area (TPSA) is 34.9 Å². The van der Waals surface area contributed by atoms with Gasteiger partial charge in [0, 0.05) is 15.9 Å². The molecule has 1 aliphatic rings. The first-order valence-electron chi connectivity index (χ1n) is 7.51. The zero-order chi connectivity index (χ0) is 16.1. The highest BCUT2D eigenvalue weighted by Gasteiger charge is 2.23. The molecule has 23 heavy (non-hydrogen) atoms. The molecular weight excluding hydrogens is 372 g/mol. The second kappa shape index (κ2) is 5.42. The monoisotopic (exact) mass is 386 g/mol. The summed E-state index contributed by atoms with van der Waals surface area (Å²) in [5, 5.41) is 0.793. The van der Waals surface area contributed by atoms with Crippen LogP contribution in [0, 0.1) is 13.8 Å². The molecule has 0 amide bonds. The Bertz CT molecular complexity index is 1010. The fraction of sp³-hybridized carbons (Fsp3) is 0.222. The van der Waals surface area contributed by atoms with Crippen molar-refractivity contribution in [2.45, 2.75) is 26.8 Å². The molecule has 0 radical (unpaired) electrons. The minimum Gasteiger partial charge on any atom is -0.292 e. The van der Waals surface area contributed by atoms with Gasteiger partial charge in [-0.1, -0.05) is 28.1 Å². The number of nitrogens with zero attached hydrogens (tertiary/aromatic N) is 2. The zero-order valence-corrected chi connectivity index (χ0v) is 15.3. The number of fused-ring (bicyclic) bond motifs is 2. The number of hydrogen-bond donors (Lipinski definition) is 0. The van der Waals surface area contributed by atoms with Crippen molar-refractivity contribution in [2.24, 2.45) is 0 Å². The van der Waals surface area contributed by atoms with Gasteiger partial charge in [-0.2, -0.15) is 0 Å². The number of allylic oxidation sites excluding steroid dienone is 1. The maximum atomic E-state index is 12.8. The minimum atomic E-state index is 0.103. The van der Waals surface area contributed by atoms with E-state index in [9.17, 15) is 4.79 Å². The standard InChI is InChI=1S/C18H15BrN2OS/c1-10-11(2)23-17-15(10)18(22)21-8-7-13(16(21)20-17)9-12-3-5-14(19)6-4-12/h3-6,9H,7-8H2,1-2H3/b13-9-. The second-order valence-corrected chi connectivity index (χ2v) is 7.95. The highest BCUT2D eigenvalue weighted by molar-refractivity contribution is 9.10. The molecule has 0 saturated heterocycles. The number of benzene rings is 1. The molecule has 0 bridgehead atoms. The lowest BCUT2D eigenvalue weighted by Crippen LogP contribution is -2.20. The number of hydrogen-bond acceptors (Lipinski definition) is 3. The van der Waals surface area contributed by atoms with E-state index in [0.29, 0.717) is 6.54 Å². The molecule has 0 unspecified atom stereocenters. The summed E-state index contributed by atoms with van der Waals surface area (Å²) in [5.74, 6) is 0.826. The Hall–Kier alpha value is -1.72. The summed E-state index contributed by atoms with van der Waals surface area (Å²) in [7, 11) is 0. The van der Waals surface area contributed by atoms with Gasteiger partial charge in [-0.3, -0.25) is 9.36 Å². The van der Waals surface area contributed by atoms with Crippen molar-refractivity contribution in [1.29, 1.82) is 0 Å². The first-order chi connectivity index (χ1) is 11.0. The molecule has 0 saturated carbocycles. The molecule has 0 atom stereocenters. The molecule has 1 aliphatic heterocycles. The molecule has 1 aromatic carbocycles. The van der Waals surface area contributed by atoms with Gasteiger partial charge in [-0.25, -0.2) is 4.98 Å². The maximum Gasteiger partial charge on any atom is 0.262 e. The maximum absolute atomic E-state index is 12.8. The number of aryl methyl sites for hydroxylation is 2. The smallest absolute Gasteiger partial charge is 0.262 e. The third-order valence-electron chi connectivity index (χ3n) is 4.39. The van der Waals surface area contributed by atoms with Crippen LogP contribution in [0.1, 0.15) is 28.2 Å². The number of aromatic nitrogens is 2. The van der Waals surface area contributed by atoms with Crippen molar-refractivity contribution in [3.05, 3.63) is 60.9 Å². The molecule has 116 valence electrons. The van der Waals surface area contributed by atoms with Gasteiger partial charge < -0.3 is 0 Å². The Morgan fingerprint density at radius 3 is 2.74 bits per heavy atom. The number of halogens is 1. The minimum absolute atomic E-state index is 0.103. The van der Waals surface area contributed by atoms with Crippen molar-refractivity contribution in [1.82, 2.24) is 9.55 Å². The number of thiophene rings is 1. The van der Waals surface area contributed by atoms with Crippen molar-refractivity contribution in [3.63, 3.8) is 0 Å².